The molecule has 1 rings (SSSR count). The lowest BCUT2D eigenvalue weighted by Gasteiger charge is -2.16. The van der Waals surface area contributed by atoms with Crippen molar-refractivity contribution in [1.29, 1.82) is 5.26 Å². The van der Waals surface area contributed by atoms with Crippen LogP contribution in [0.15, 0.2) is 29.2 Å². The van der Waals surface area contributed by atoms with E-state index in [9.17, 15) is 8.42 Å². The number of benzene rings is 1. The Labute approximate surface area is 114 Å². The fourth-order valence-electron chi connectivity index (χ4n) is 1.57. The topological polar surface area (TPSA) is 73.2 Å². The molecular formula is C13H19N3O2S. The molecule has 0 heterocycles. The van der Waals surface area contributed by atoms with Crippen LogP contribution >= 0.6 is 0 Å². The van der Waals surface area contributed by atoms with Crippen molar-refractivity contribution in [3.8, 4) is 6.07 Å². The Kier molecular flexibility index (Phi) is 5.96. The van der Waals surface area contributed by atoms with E-state index in [-0.39, 0.29) is 10.6 Å². The van der Waals surface area contributed by atoms with Crippen LogP contribution in [0.2, 0.25) is 0 Å². The smallest absolute Gasteiger partial charge is 0.179 e. The molecule has 1 aromatic carbocycles. The van der Waals surface area contributed by atoms with Crippen molar-refractivity contribution in [2.24, 2.45) is 0 Å². The number of rotatable bonds is 7. The van der Waals surface area contributed by atoms with Crippen LogP contribution in [0, 0.1) is 11.3 Å². The Hall–Kier alpha value is -1.42. The van der Waals surface area contributed by atoms with Gasteiger partial charge < -0.3 is 10.2 Å². The summed E-state index contributed by atoms with van der Waals surface area (Å²) >= 11 is 0. The average Bonchev–Trinajstić information content (AvgIpc) is 2.43. The van der Waals surface area contributed by atoms with E-state index in [1.165, 1.54) is 12.1 Å². The minimum atomic E-state index is -3.33. The van der Waals surface area contributed by atoms with Crippen molar-refractivity contribution >= 4 is 9.84 Å². The second-order valence-electron chi connectivity index (χ2n) is 4.37. The first kappa shape index (κ1) is 15.6. The van der Waals surface area contributed by atoms with Crippen LogP contribution in [0.3, 0.4) is 0 Å². The molecule has 0 amide bonds. The van der Waals surface area contributed by atoms with Gasteiger partial charge in [0.1, 0.15) is 0 Å². The fraction of sp³-hybridized carbons (Fsp3) is 0.462. The number of nitriles is 1. The van der Waals surface area contributed by atoms with Crippen LogP contribution in [0.1, 0.15) is 5.56 Å². The minimum absolute atomic E-state index is 0.0576. The van der Waals surface area contributed by atoms with E-state index >= 15 is 0 Å². The van der Waals surface area contributed by atoms with Crippen LogP contribution in [-0.2, 0) is 9.84 Å². The van der Waals surface area contributed by atoms with Crippen LogP contribution in [0.4, 0.5) is 0 Å². The van der Waals surface area contributed by atoms with Gasteiger partial charge in [-0.15, -0.1) is 0 Å². The Balaban J connectivity index is 2.68. The van der Waals surface area contributed by atoms with E-state index in [4.69, 9.17) is 5.26 Å². The summed E-state index contributed by atoms with van der Waals surface area (Å²) < 4.78 is 24.3. The average molecular weight is 281 g/mol. The molecule has 19 heavy (non-hydrogen) atoms. The minimum Gasteiger partial charge on any atom is -0.318 e. The molecule has 0 aliphatic carbocycles. The van der Waals surface area contributed by atoms with Gasteiger partial charge >= 0.3 is 0 Å². The maximum absolute atomic E-state index is 12.1. The van der Waals surface area contributed by atoms with E-state index in [1.807, 2.05) is 25.1 Å². The van der Waals surface area contributed by atoms with Gasteiger partial charge in [0.15, 0.2) is 9.84 Å². The Bertz CT molecular complexity index is 549. The summed E-state index contributed by atoms with van der Waals surface area (Å²) in [7, 11) is 0.420. The summed E-state index contributed by atoms with van der Waals surface area (Å²) in [5.41, 5.74) is 0.365. The van der Waals surface area contributed by atoms with Gasteiger partial charge in [-0.25, -0.2) is 8.42 Å². The molecular weight excluding hydrogens is 262 g/mol. The Morgan fingerprint density at radius 1 is 1.37 bits per heavy atom. The number of hydrogen-bond acceptors (Lipinski definition) is 5. The molecule has 0 aliphatic rings. The van der Waals surface area contributed by atoms with Crippen molar-refractivity contribution in [3.63, 3.8) is 0 Å². The third kappa shape index (κ3) is 4.99. The second-order valence-corrected chi connectivity index (χ2v) is 6.47. The molecule has 1 aromatic rings. The van der Waals surface area contributed by atoms with Crippen molar-refractivity contribution in [1.82, 2.24) is 10.2 Å². The molecule has 0 aliphatic heterocycles. The maximum atomic E-state index is 12.1. The highest BCUT2D eigenvalue weighted by molar-refractivity contribution is 7.91. The van der Waals surface area contributed by atoms with E-state index in [1.54, 1.807) is 12.1 Å². The highest BCUT2D eigenvalue weighted by Crippen LogP contribution is 2.13. The highest BCUT2D eigenvalue weighted by Gasteiger charge is 2.15. The van der Waals surface area contributed by atoms with Gasteiger partial charge in [0.05, 0.1) is 22.3 Å². The molecule has 0 bridgehead atoms. The van der Waals surface area contributed by atoms with Gasteiger partial charge in [-0.1, -0.05) is 6.07 Å². The first-order valence-corrected chi connectivity index (χ1v) is 7.71. The second kappa shape index (κ2) is 7.24. The van der Waals surface area contributed by atoms with Crippen molar-refractivity contribution in [2.45, 2.75) is 4.90 Å². The summed E-state index contributed by atoms with van der Waals surface area (Å²) in [5.74, 6) is 0.0576. The first-order chi connectivity index (χ1) is 8.99. The molecule has 0 aromatic heterocycles. The molecule has 0 radical (unpaired) electrons. The molecule has 0 saturated heterocycles. The predicted octanol–water partition coefficient (Wildman–Crippen LogP) is 0.483. The number of sulfone groups is 1. The predicted molar refractivity (Wildman–Crippen MR) is 74.6 cm³/mol. The largest absolute Gasteiger partial charge is 0.318 e. The summed E-state index contributed by atoms with van der Waals surface area (Å²) in [6.07, 6.45) is 0. The molecule has 0 spiro atoms. The number of nitrogens with zero attached hydrogens (tertiary/aromatic N) is 2. The summed E-state index contributed by atoms with van der Waals surface area (Å²) in [5, 5.41) is 11.8. The maximum Gasteiger partial charge on any atom is 0.179 e. The fourth-order valence-corrected chi connectivity index (χ4v) is 2.95. The monoisotopic (exact) mass is 281 g/mol. The third-order valence-electron chi connectivity index (χ3n) is 2.81. The first-order valence-electron chi connectivity index (χ1n) is 6.05. The lowest BCUT2D eigenvalue weighted by atomic mass is 10.2. The lowest BCUT2D eigenvalue weighted by Crippen LogP contribution is -2.31. The van der Waals surface area contributed by atoms with E-state index in [0.717, 1.165) is 13.1 Å². The highest BCUT2D eigenvalue weighted by atomic mass is 32.2. The van der Waals surface area contributed by atoms with Gasteiger partial charge in [-0.2, -0.15) is 5.26 Å². The quantitative estimate of drug-likeness (QED) is 0.787. The summed E-state index contributed by atoms with van der Waals surface area (Å²) in [6.45, 7) is 2.09. The van der Waals surface area contributed by atoms with Crippen LogP contribution in [-0.4, -0.2) is 52.8 Å². The van der Waals surface area contributed by atoms with Crippen molar-refractivity contribution in [3.05, 3.63) is 29.8 Å². The normalized spacial score (nSPS) is 11.5. The van der Waals surface area contributed by atoms with E-state index in [0.29, 0.717) is 12.1 Å². The molecule has 0 fully saturated rings. The molecule has 0 atom stereocenters. The van der Waals surface area contributed by atoms with Gasteiger partial charge in [0.2, 0.25) is 0 Å². The zero-order valence-corrected chi connectivity index (χ0v) is 12.1. The standard InChI is InChI=1S/C13H19N3O2S/c1-15-6-7-16(2)8-9-19(17,18)13-5-3-4-12(10-13)11-14/h3-5,10,15H,6-9H2,1-2H3. The summed E-state index contributed by atoms with van der Waals surface area (Å²) in [6, 6.07) is 8.09. The SMILES string of the molecule is CNCCN(C)CCS(=O)(=O)c1cccc(C#N)c1. The number of nitrogens with one attached hydrogen (secondary N) is 1. The molecule has 6 heteroatoms. The van der Waals surface area contributed by atoms with Gasteiger partial charge in [-0.3, -0.25) is 0 Å². The van der Waals surface area contributed by atoms with Gasteiger partial charge in [0.25, 0.3) is 0 Å². The molecule has 0 unspecified atom stereocenters. The van der Waals surface area contributed by atoms with Crippen molar-refractivity contribution in [2.75, 3.05) is 39.5 Å². The van der Waals surface area contributed by atoms with Crippen LogP contribution in [0.5, 0.6) is 0 Å². The molecule has 0 saturated carbocycles. The third-order valence-corrected chi connectivity index (χ3v) is 4.50. The van der Waals surface area contributed by atoms with Crippen LogP contribution in [0.25, 0.3) is 0 Å². The molecule has 5 nitrogen and oxygen atoms in total. The van der Waals surface area contributed by atoms with E-state index < -0.39 is 9.84 Å². The summed E-state index contributed by atoms with van der Waals surface area (Å²) in [4.78, 5) is 2.18. The number of likely N-dealkylation sites (N-methyl/N-ethyl adjacent to an activating group) is 2. The molecule has 1 N–H and O–H groups in total. The van der Waals surface area contributed by atoms with Gasteiger partial charge in [0, 0.05) is 19.6 Å². The molecule has 104 valence electrons. The van der Waals surface area contributed by atoms with Crippen molar-refractivity contribution < 1.29 is 8.42 Å². The zero-order chi connectivity index (χ0) is 14.3. The van der Waals surface area contributed by atoms with Crippen LogP contribution < -0.4 is 5.32 Å². The van der Waals surface area contributed by atoms with E-state index in [2.05, 4.69) is 5.32 Å². The Morgan fingerprint density at radius 2 is 2.11 bits per heavy atom. The zero-order valence-electron chi connectivity index (χ0n) is 11.3. The van der Waals surface area contributed by atoms with Gasteiger partial charge in [-0.05, 0) is 32.3 Å². The lowest BCUT2D eigenvalue weighted by molar-refractivity contribution is 0.354. The Morgan fingerprint density at radius 3 is 2.74 bits per heavy atom. The number of hydrogen-bond donors (Lipinski definition) is 1.